The Morgan fingerprint density at radius 3 is 2.95 bits per heavy atom. The number of methoxy groups -OCH3 is 1. The number of hydrogen-bond acceptors (Lipinski definition) is 4. The molecule has 1 N–H and O–H groups in total. The van der Waals surface area contributed by atoms with Gasteiger partial charge in [0.15, 0.2) is 0 Å². The maximum Gasteiger partial charge on any atom is 0.0698 e. The van der Waals surface area contributed by atoms with Gasteiger partial charge in [-0.15, -0.1) is 0 Å². The lowest BCUT2D eigenvalue weighted by atomic mass is 10.1. The molecule has 1 aromatic rings. The van der Waals surface area contributed by atoms with Gasteiger partial charge in [-0.3, -0.25) is 9.88 Å². The lowest BCUT2D eigenvalue weighted by Crippen LogP contribution is -2.38. The van der Waals surface area contributed by atoms with E-state index in [1.54, 1.807) is 0 Å². The molecule has 4 heteroatoms. The van der Waals surface area contributed by atoms with Crippen LogP contribution < -0.4 is 5.32 Å². The van der Waals surface area contributed by atoms with Crippen molar-refractivity contribution in [2.24, 2.45) is 0 Å². The standard InChI is InChI=1S/C16H25N3O/c1-20-16-3-2-8-19(12-16)11-15-5-4-13(10-18-15)9-17-14-6-7-14/h4-5,10,14,16-17H,2-3,6-9,11-12H2,1H3. The average Bonchev–Trinajstić information content (AvgIpc) is 3.31. The topological polar surface area (TPSA) is 37.4 Å². The van der Waals surface area contributed by atoms with E-state index < -0.39 is 0 Å². The average molecular weight is 275 g/mol. The number of aromatic nitrogens is 1. The highest BCUT2D eigenvalue weighted by Gasteiger charge is 2.20. The first-order valence-electron chi connectivity index (χ1n) is 7.76. The molecule has 2 fully saturated rings. The zero-order valence-electron chi connectivity index (χ0n) is 12.3. The summed E-state index contributed by atoms with van der Waals surface area (Å²) in [7, 11) is 1.81. The first-order chi connectivity index (χ1) is 9.83. The van der Waals surface area contributed by atoms with Crippen molar-refractivity contribution in [3.63, 3.8) is 0 Å². The smallest absolute Gasteiger partial charge is 0.0698 e. The van der Waals surface area contributed by atoms with Crippen molar-refractivity contribution in [1.29, 1.82) is 0 Å². The molecule has 0 radical (unpaired) electrons. The van der Waals surface area contributed by atoms with E-state index in [9.17, 15) is 0 Å². The molecule has 2 aliphatic rings. The Kier molecular flexibility index (Phi) is 4.65. The van der Waals surface area contributed by atoms with E-state index >= 15 is 0 Å². The van der Waals surface area contributed by atoms with Crippen LogP contribution >= 0.6 is 0 Å². The zero-order valence-corrected chi connectivity index (χ0v) is 12.3. The Hall–Kier alpha value is -0.970. The van der Waals surface area contributed by atoms with Gasteiger partial charge in [-0.2, -0.15) is 0 Å². The summed E-state index contributed by atoms with van der Waals surface area (Å²) in [6.07, 6.45) is 7.49. The first-order valence-corrected chi connectivity index (χ1v) is 7.76. The number of nitrogens with one attached hydrogen (secondary N) is 1. The Labute approximate surface area is 121 Å². The van der Waals surface area contributed by atoms with E-state index in [1.807, 2.05) is 13.3 Å². The van der Waals surface area contributed by atoms with Crippen molar-refractivity contribution in [2.45, 2.75) is 50.9 Å². The molecule has 1 unspecified atom stereocenters. The monoisotopic (exact) mass is 275 g/mol. The fraction of sp³-hybridized carbons (Fsp3) is 0.688. The van der Waals surface area contributed by atoms with Gasteiger partial charge in [0, 0.05) is 39.0 Å². The van der Waals surface area contributed by atoms with Gasteiger partial charge in [-0.1, -0.05) is 6.07 Å². The highest BCUT2D eigenvalue weighted by Crippen LogP contribution is 2.19. The molecule has 1 saturated carbocycles. The molecule has 1 aliphatic carbocycles. The summed E-state index contributed by atoms with van der Waals surface area (Å²) in [6, 6.07) is 5.13. The van der Waals surface area contributed by atoms with Crippen molar-refractivity contribution in [1.82, 2.24) is 15.2 Å². The second-order valence-corrected chi connectivity index (χ2v) is 6.05. The van der Waals surface area contributed by atoms with Crippen LogP contribution in [0.25, 0.3) is 0 Å². The number of ether oxygens (including phenoxy) is 1. The molecule has 20 heavy (non-hydrogen) atoms. The predicted molar refractivity (Wildman–Crippen MR) is 79.4 cm³/mol. The largest absolute Gasteiger partial charge is 0.380 e. The third-order valence-electron chi connectivity index (χ3n) is 4.24. The number of pyridine rings is 1. The van der Waals surface area contributed by atoms with E-state index in [0.29, 0.717) is 6.10 Å². The highest BCUT2D eigenvalue weighted by molar-refractivity contribution is 5.14. The van der Waals surface area contributed by atoms with Gasteiger partial charge in [0.1, 0.15) is 0 Å². The molecule has 1 atom stereocenters. The van der Waals surface area contributed by atoms with E-state index in [4.69, 9.17) is 4.74 Å². The summed E-state index contributed by atoms with van der Waals surface area (Å²) in [5, 5.41) is 3.52. The molecule has 1 aromatic heterocycles. The second kappa shape index (κ2) is 6.66. The Morgan fingerprint density at radius 1 is 1.35 bits per heavy atom. The van der Waals surface area contributed by atoms with Crippen LogP contribution in [0.15, 0.2) is 18.3 Å². The normalized spacial score (nSPS) is 23.9. The Morgan fingerprint density at radius 2 is 2.25 bits per heavy atom. The van der Waals surface area contributed by atoms with Gasteiger partial charge in [-0.25, -0.2) is 0 Å². The molecule has 1 saturated heterocycles. The molecule has 3 rings (SSSR count). The van der Waals surface area contributed by atoms with Crippen molar-refractivity contribution >= 4 is 0 Å². The SMILES string of the molecule is COC1CCCN(Cc2ccc(CNC3CC3)cn2)C1. The van der Waals surface area contributed by atoms with Gasteiger partial charge < -0.3 is 10.1 Å². The van der Waals surface area contributed by atoms with Crippen molar-refractivity contribution in [3.05, 3.63) is 29.6 Å². The first kappa shape index (κ1) is 14.0. The number of hydrogen-bond donors (Lipinski definition) is 1. The van der Waals surface area contributed by atoms with Crippen LogP contribution in [0.4, 0.5) is 0 Å². The number of piperidine rings is 1. The third-order valence-corrected chi connectivity index (χ3v) is 4.24. The molecular formula is C16H25N3O. The minimum Gasteiger partial charge on any atom is -0.380 e. The van der Waals surface area contributed by atoms with Crippen LogP contribution in [0, 0.1) is 0 Å². The van der Waals surface area contributed by atoms with Gasteiger partial charge >= 0.3 is 0 Å². The fourth-order valence-electron chi connectivity index (χ4n) is 2.78. The van der Waals surface area contributed by atoms with E-state index in [0.717, 1.165) is 37.9 Å². The van der Waals surface area contributed by atoms with E-state index in [2.05, 4.69) is 27.3 Å². The molecule has 0 amide bonds. The van der Waals surface area contributed by atoms with Crippen LogP contribution in [-0.4, -0.2) is 42.2 Å². The number of nitrogens with zero attached hydrogens (tertiary/aromatic N) is 2. The molecule has 0 spiro atoms. The van der Waals surface area contributed by atoms with Gasteiger partial charge in [0.25, 0.3) is 0 Å². The third kappa shape index (κ3) is 4.01. The van der Waals surface area contributed by atoms with Crippen LogP contribution in [-0.2, 0) is 17.8 Å². The molecule has 110 valence electrons. The second-order valence-electron chi connectivity index (χ2n) is 6.05. The highest BCUT2D eigenvalue weighted by atomic mass is 16.5. The summed E-state index contributed by atoms with van der Waals surface area (Å²) in [5.41, 5.74) is 2.45. The minimum absolute atomic E-state index is 0.394. The molecule has 1 aliphatic heterocycles. The van der Waals surface area contributed by atoms with Gasteiger partial charge in [-0.05, 0) is 43.9 Å². The summed E-state index contributed by atoms with van der Waals surface area (Å²) in [5.74, 6) is 0. The van der Waals surface area contributed by atoms with Crippen LogP contribution in [0.3, 0.4) is 0 Å². The summed E-state index contributed by atoms with van der Waals surface area (Å²) < 4.78 is 5.47. The Bertz CT molecular complexity index is 416. The van der Waals surface area contributed by atoms with Crippen molar-refractivity contribution in [3.8, 4) is 0 Å². The fourth-order valence-corrected chi connectivity index (χ4v) is 2.78. The minimum atomic E-state index is 0.394. The molecule has 4 nitrogen and oxygen atoms in total. The number of likely N-dealkylation sites (tertiary alicyclic amines) is 1. The number of rotatable bonds is 6. The molecule has 0 bridgehead atoms. The zero-order chi connectivity index (χ0) is 13.8. The lowest BCUT2D eigenvalue weighted by molar-refractivity contribution is 0.0281. The van der Waals surface area contributed by atoms with Crippen molar-refractivity contribution < 1.29 is 4.74 Å². The quantitative estimate of drug-likeness (QED) is 0.861. The van der Waals surface area contributed by atoms with Crippen molar-refractivity contribution in [2.75, 3.05) is 20.2 Å². The summed E-state index contributed by atoms with van der Waals surface area (Å²) >= 11 is 0. The summed E-state index contributed by atoms with van der Waals surface area (Å²) in [4.78, 5) is 7.05. The Balaban J connectivity index is 1.49. The van der Waals surface area contributed by atoms with E-state index in [1.165, 1.54) is 31.2 Å². The van der Waals surface area contributed by atoms with Crippen LogP contribution in [0.2, 0.25) is 0 Å². The predicted octanol–water partition coefficient (Wildman–Crippen LogP) is 1.94. The van der Waals surface area contributed by atoms with E-state index in [-0.39, 0.29) is 0 Å². The van der Waals surface area contributed by atoms with Gasteiger partial charge in [0.2, 0.25) is 0 Å². The van der Waals surface area contributed by atoms with Crippen LogP contribution in [0.5, 0.6) is 0 Å². The lowest BCUT2D eigenvalue weighted by Gasteiger charge is -2.31. The molecule has 0 aromatic carbocycles. The van der Waals surface area contributed by atoms with Crippen LogP contribution in [0.1, 0.15) is 36.9 Å². The molecule has 2 heterocycles. The summed E-state index contributed by atoms with van der Waals surface area (Å²) in [6.45, 7) is 4.08. The maximum absolute atomic E-state index is 5.47. The van der Waals surface area contributed by atoms with Gasteiger partial charge in [0.05, 0.1) is 11.8 Å². The maximum atomic E-state index is 5.47. The molecular weight excluding hydrogens is 250 g/mol.